The Labute approximate surface area is 112 Å². The van der Waals surface area contributed by atoms with Gasteiger partial charge in [-0.2, -0.15) is 0 Å². The van der Waals surface area contributed by atoms with Crippen LogP contribution in [0.5, 0.6) is 0 Å². The smallest absolute Gasteiger partial charge is 0.108 e. The van der Waals surface area contributed by atoms with Crippen LogP contribution >= 0.6 is 0 Å². The highest BCUT2D eigenvalue weighted by atomic mass is 16.4. The van der Waals surface area contributed by atoms with E-state index < -0.39 is 12.1 Å². The summed E-state index contributed by atoms with van der Waals surface area (Å²) >= 11 is 0. The monoisotopic (exact) mass is 262 g/mol. The molecule has 0 heterocycles. The van der Waals surface area contributed by atoms with Crippen molar-refractivity contribution in [2.24, 2.45) is 0 Å². The molecular weight excluding hydrogens is 232 g/mol. The van der Waals surface area contributed by atoms with Gasteiger partial charge in [0.25, 0.3) is 0 Å². The Hall–Kier alpha value is -0.650. The summed E-state index contributed by atoms with van der Waals surface area (Å²) in [6, 6.07) is 0. The average Bonchev–Trinajstić information content (AvgIpc) is 2.16. The van der Waals surface area contributed by atoms with Gasteiger partial charge in [0.05, 0.1) is 21.1 Å². The predicted molar refractivity (Wildman–Crippen MR) is 72.0 cm³/mol. The Balaban J connectivity index is 0. The summed E-state index contributed by atoms with van der Waals surface area (Å²) in [7, 11) is 5.66. The average molecular weight is 262 g/mol. The number of carboxylic acid groups (broad SMARTS) is 1. The molecule has 0 aromatic rings. The van der Waals surface area contributed by atoms with Crippen LogP contribution in [-0.4, -0.2) is 73.9 Å². The molecule has 0 aliphatic heterocycles. The number of rotatable bonds is 7. The molecular formula is C13H30N2O3. The Bertz CT molecular complexity index is 205. The van der Waals surface area contributed by atoms with Crippen LogP contribution in [0.1, 0.15) is 27.2 Å². The van der Waals surface area contributed by atoms with E-state index in [0.29, 0.717) is 11.0 Å². The molecule has 18 heavy (non-hydrogen) atoms. The normalized spacial score (nSPS) is 12.9. The first-order valence-corrected chi connectivity index (χ1v) is 6.56. The Morgan fingerprint density at radius 1 is 1.17 bits per heavy atom. The summed E-state index contributed by atoms with van der Waals surface area (Å²) in [6.07, 6.45) is -1.09. The van der Waals surface area contributed by atoms with Gasteiger partial charge in [-0.15, -0.1) is 0 Å². The number of carbonyl (C=O) groups is 1. The molecule has 0 spiro atoms. The molecule has 0 saturated carbocycles. The molecule has 0 radical (unpaired) electrons. The van der Waals surface area contributed by atoms with Gasteiger partial charge in [-0.05, 0) is 19.6 Å². The van der Waals surface area contributed by atoms with E-state index in [1.165, 1.54) is 19.6 Å². The van der Waals surface area contributed by atoms with E-state index >= 15 is 0 Å². The van der Waals surface area contributed by atoms with E-state index in [9.17, 15) is 9.90 Å². The number of nitrogens with zero attached hydrogens (tertiary/aromatic N) is 2. The number of aliphatic carboxylic acids is 1. The van der Waals surface area contributed by atoms with Gasteiger partial charge in [-0.1, -0.05) is 20.8 Å². The van der Waals surface area contributed by atoms with Gasteiger partial charge in [0.15, 0.2) is 0 Å². The maximum atomic E-state index is 10.0. The molecule has 0 aromatic heterocycles. The SMILES string of the molecule is CCN(CC)CC.C[N+](C)(C)C[C@H](O)CC(=O)[O-]. The summed E-state index contributed by atoms with van der Waals surface area (Å²) < 4.78 is 0.550. The predicted octanol–water partition coefficient (Wildman–Crippen LogP) is -0.458. The minimum absolute atomic E-state index is 0.282. The number of aliphatic hydroxyl groups excluding tert-OH is 1. The van der Waals surface area contributed by atoms with E-state index in [2.05, 4.69) is 25.7 Å². The van der Waals surface area contributed by atoms with Crippen LogP contribution < -0.4 is 5.11 Å². The van der Waals surface area contributed by atoms with E-state index in [1.807, 2.05) is 21.1 Å². The van der Waals surface area contributed by atoms with E-state index in [0.717, 1.165) is 0 Å². The molecule has 0 saturated heterocycles. The Morgan fingerprint density at radius 3 is 1.72 bits per heavy atom. The van der Waals surface area contributed by atoms with Crippen molar-refractivity contribution in [2.45, 2.75) is 33.3 Å². The molecule has 1 N–H and O–H groups in total. The standard InChI is InChI=1S/C7H15NO3.C6H15N/c1-8(2,3)5-6(9)4-7(10)11;1-4-7(5-2)6-3/h6,9H,4-5H2,1-3H3;4-6H2,1-3H3/t6-;/m1./s1. The van der Waals surface area contributed by atoms with E-state index in [-0.39, 0.29) is 6.42 Å². The van der Waals surface area contributed by atoms with Crippen molar-refractivity contribution in [1.82, 2.24) is 4.90 Å². The molecule has 0 aliphatic rings. The second-order valence-corrected chi connectivity index (χ2v) is 5.32. The first kappa shape index (κ1) is 19.7. The summed E-state index contributed by atoms with van der Waals surface area (Å²) in [6.45, 7) is 10.5. The largest absolute Gasteiger partial charge is 0.550 e. The van der Waals surface area contributed by atoms with Crippen LogP contribution in [-0.2, 0) is 4.79 Å². The van der Waals surface area contributed by atoms with Crippen LogP contribution in [0.15, 0.2) is 0 Å². The second kappa shape index (κ2) is 10.3. The first-order chi connectivity index (χ1) is 8.16. The molecule has 0 bridgehead atoms. The summed E-state index contributed by atoms with van der Waals surface area (Å²) in [5.41, 5.74) is 0. The third kappa shape index (κ3) is 15.4. The third-order valence-electron chi connectivity index (χ3n) is 2.50. The van der Waals surface area contributed by atoms with E-state index in [1.54, 1.807) is 0 Å². The molecule has 1 atom stereocenters. The molecule has 5 nitrogen and oxygen atoms in total. The van der Waals surface area contributed by atoms with Crippen molar-refractivity contribution < 1.29 is 19.5 Å². The molecule has 0 fully saturated rings. The number of aliphatic hydroxyl groups is 1. The maximum Gasteiger partial charge on any atom is 0.108 e. The Morgan fingerprint density at radius 2 is 1.56 bits per heavy atom. The molecule has 0 aromatic carbocycles. The number of carboxylic acids is 1. The topological polar surface area (TPSA) is 63.6 Å². The fourth-order valence-electron chi connectivity index (χ4n) is 1.56. The fraction of sp³-hybridized carbons (Fsp3) is 0.923. The number of hydrogen-bond donors (Lipinski definition) is 1. The van der Waals surface area contributed by atoms with Gasteiger partial charge in [0.1, 0.15) is 12.6 Å². The van der Waals surface area contributed by atoms with E-state index in [4.69, 9.17) is 5.11 Å². The lowest BCUT2D eigenvalue weighted by molar-refractivity contribution is -0.873. The fourth-order valence-corrected chi connectivity index (χ4v) is 1.56. The molecule has 0 unspecified atom stereocenters. The van der Waals surface area contributed by atoms with Crippen LogP contribution in [0.25, 0.3) is 0 Å². The zero-order valence-electron chi connectivity index (χ0n) is 12.8. The van der Waals surface area contributed by atoms with Gasteiger partial charge in [-0.3, -0.25) is 0 Å². The molecule has 0 aliphatic carbocycles. The van der Waals surface area contributed by atoms with Gasteiger partial charge < -0.3 is 24.4 Å². The lowest BCUT2D eigenvalue weighted by Gasteiger charge is -2.26. The van der Waals surface area contributed by atoms with Crippen molar-refractivity contribution in [3.8, 4) is 0 Å². The van der Waals surface area contributed by atoms with Crippen LogP contribution in [0.4, 0.5) is 0 Å². The molecule has 110 valence electrons. The lowest BCUT2D eigenvalue weighted by atomic mass is 10.2. The van der Waals surface area contributed by atoms with Crippen molar-refractivity contribution in [1.29, 1.82) is 0 Å². The lowest BCUT2D eigenvalue weighted by Crippen LogP contribution is -2.43. The zero-order chi connectivity index (χ0) is 14.8. The highest BCUT2D eigenvalue weighted by Gasteiger charge is 2.14. The number of quaternary nitrogens is 1. The summed E-state index contributed by atoms with van der Waals surface area (Å²) in [4.78, 5) is 12.4. The van der Waals surface area contributed by atoms with Gasteiger partial charge in [-0.25, -0.2) is 0 Å². The number of hydrogen-bond acceptors (Lipinski definition) is 4. The highest BCUT2D eigenvalue weighted by Crippen LogP contribution is 1.97. The summed E-state index contributed by atoms with van der Waals surface area (Å²) in [5.74, 6) is -1.20. The van der Waals surface area contributed by atoms with Crippen molar-refractivity contribution >= 4 is 5.97 Å². The molecule has 0 amide bonds. The van der Waals surface area contributed by atoms with Gasteiger partial charge in [0, 0.05) is 12.4 Å². The van der Waals surface area contributed by atoms with Crippen LogP contribution in [0.3, 0.4) is 0 Å². The molecule has 5 heteroatoms. The minimum atomic E-state index is -1.20. The Kier molecular flexibility index (Phi) is 11.3. The van der Waals surface area contributed by atoms with Crippen molar-refractivity contribution in [3.63, 3.8) is 0 Å². The molecule has 0 rings (SSSR count). The summed E-state index contributed by atoms with van der Waals surface area (Å²) in [5, 5.41) is 19.1. The maximum absolute atomic E-state index is 10.0. The quantitative estimate of drug-likeness (QED) is 0.631. The zero-order valence-corrected chi connectivity index (χ0v) is 12.8. The minimum Gasteiger partial charge on any atom is -0.550 e. The highest BCUT2D eigenvalue weighted by molar-refractivity contribution is 5.64. The number of carbonyl (C=O) groups excluding carboxylic acids is 1. The van der Waals surface area contributed by atoms with Crippen LogP contribution in [0, 0.1) is 0 Å². The van der Waals surface area contributed by atoms with Crippen LogP contribution in [0.2, 0.25) is 0 Å². The number of likely N-dealkylation sites (N-methyl/N-ethyl adjacent to an activating group) is 1. The van der Waals surface area contributed by atoms with Gasteiger partial charge >= 0.3 is 0 Å². The van der Waals surface area contributed by atoms with Gasteiger partial charge in [0.2, 0.25) is 0 Å². The third-order valence-corrected chi connectivity index (χ3v) is 2.50. The first-order valence-electron chi connectivity index (χ1n) is 6.56. The van der Waals surface area contributed by atoms with Crippen molar-refractivity contribution in [3.05, 3.63) is 0 Å². The van der Waals surface area contributed by atoms with Crippen molar-refractivity contribution in [2.75, 3.05) is 47.3 Å². The second-order valence-electron chi connectivity index (χ2n) is 5.32.